The van der Waals surface area contributed by atoms with Crippen molar-refractivity contribution >= 4 is 21.6 Å². The van der Waals surface area contributed by atoms with Gasteiger partial charge in [0.15, 0.2) is 0 Å². The zero-order valence-corrected chi connectivity index (χ0v) is 11.4. The van der Waals surface area contributed by atoms with Crippen LogP contribution < -0.4 is 0 Å². The summed E-state index contributed by atoms with van der Waals surface area (Å²) in [5, 5.41) is 0. The molecule has 0 aliphatic heterocycles. The highest BCUT2D eigenvalue weighted by molar-refractivity contribution is 8.76. The minimum Gasteiger partial charge on any atom is -0.0941 e. The molecule has 0 N–H and O–H groups in total. The summed E-state index contributed by atoms with van der Waals surface area (Å²) >= 11 is 0. The van der Waals surface area contributed by atoms with Gasteiger partial charge < -0.3 is 0 Å². The molecule has 0 atom stereocenters. The van der Waals surface area contributed by atoms with Crippen LogP contribution in [0.25, 0.3) is 0 Å². The minimum atomic E-state index is 0.506. The highest BCUT2D eigenvalue weighted by atomic mass is 33.1. The highest BCUT2D eigenvalue weighted by Crippen LogP contribution is 2.28. The second kappa shape index (κ2) is 7.05. The lowest BCUT2D eigenvalue weighted by atomic mass is 9.94. The molecule has 0 aromatic heterocycles. The molecule has 0 rings (SSSR count). The fourth-order valence-corrected chi connectivity index (χ4v) is 3.49. The number of rotatable bonds is 6. The van der Waals surface area contributed by atoms with E-state index >= 15 is 0 Å². The zero-order valence-electron chi connectivity index (χ0n) is 9.72. The topological polar surface area (TPSA) is 0 Å². The Labute approximate surface area is 92.0 Å². The molecule has 0 unspecified atom stereocenters. The van der Waals surface area contributed by atoms with Gasteiger partial charge in [-0.05, 0) is 24.2 Å². The maximum absolute atomic E-state index is 2.31. The molecule has 80 valence electrons. The first kappa shape index (κ1) is 13.7. The summed E-state index contributed by atoms with van der Waals surface area (Å²) in [5.74, 6) is 3.47. The van der Waals surface area contributed by atoms with Crippen LogP contribution in [0.2, 0.25) is 0 Å². The third-order valence-corrected chi connectivity index (χ3v) is 4.24. The van der Waals surface area contributed by atoms with Crippen LogP contribution in [0.5, 0.6) is 0 Å². The van der Waals surface area contributed by atoms with E-state index in [4.69, 9.17) is 0 Å². The van der Waals surface area contributed by atoms with E-state index in [-0.39, 0.29) is 0 Å². The smallest absolute Gasteiger partial charge is 0.00419 e. The van der Waals surface area contributed by atoms with Crippen molar-refractivity contribution in [3.05, 3.63) is 0 Å². The van der Waals surface area contributed by atoms with E-state index < -0.39 is 0 Å². The van der Waals surface area contributed by atoms with E-state index in [9.17, 15) is 0 Å². The Morgan fingerprint density at radius 1 is 1.00 bits per heavy atom. The molecule has 13 heavy (non-hydrogen) atoms. The van der Waals surface area contributed by atoms with Crippen molar-refractivity contribution < 1.29 is 0 Å². The molecule has 0 saturated carbocycles. The van der Waals surface area contributed by atoms with Gasteiger partial charge >= 0.3 is 0 Å². The summed E-state index contributed by atoms with van der Waals surface area (Å²) in [5.41, 5.74) is 0.506. The molecule has 0 aromatic rings. The fraction of sp³-hybridized carbons (Fsp3) is 1.00. The third-order valence-electron chi connectivity index (χ3n) is 1.80. The molecule has 0 spiro atoms. The molecule has 0 fully saturated rings. The lowest BCUT2D eigenvalue weighted by Crippen LogP contribution is -2.05. The molecule has 0 bridgehead atoms. The summed E-state index contributed by atoms with van der Waals surface area (Å²) in [6.45, 7) is 11.5. The van der Waals surface area contributed by atoms with Crippen LogP contribution in [-0.2, 0) is 0 Å². The van der Waals surface area contributed by atoms with Gasteiger partial charge in [0.25, 0.3) is 0 Å². The standard InChI is InChI=1S/C11H24S2/c1-10(2)6-8-12-13-9-7-11(3,4)5/h10H,6-9H2,1-5H3. The van der Waals surface area contributed by atoms with Crippen molar-refractivity contribution in [1.82, 2.24) is 0 Å². The van der Waals surface area contributed by atoms with Crippen molar-refractivity contribution in [2.24, 2.45) is 11.3 Å². The molecule has 0 amide bonds. The van der Waals surface area contributed by atoms with E-state index in [1.54, 1.807) is 0 Å². The van der Waals surface area contributed by atoms with Gasteiger partial charge in [-0.3, -0.25) is 0 Å². The van der Waals surface area contributed by atoms with Crippen molar-refractivity contribution in [2.45, 2.75) is 47.5 Å². The SMILES string of the molecule is CC(C)CCSSCCC(C)(C)C. The quantitative estimate of drug-likeness (QED) is 0.463. The Bertz CT molecular complexity index is 114. The first-order chi connectivity index (χ1) is 5.92. The van der Waals surface area contributed by atoms with E-state index in [2.05, 4.69) is 34.6 Å². The Kier molecular flexibility index (Phi) is 7.43. The van der Waals surface area contributed by atoms with Crippen molar-refractivity contribution in [2.75, 3.05) is 11.5 Å². The van der Waals surface area contributed by atoms with Crippen molar-refractivity contribution in [3.63, 3.8) is 0 Å². The van der Waals surface area contributed by atoms with Gasteiger partial charge in [-0.15, -0.1) is 0 Å². The van der Waals surface area contributed by atoms with E-state index in [0.717, 1.165) is 5.92 Å². The monoisotopic (exact) mass is 220 g/mol. The van der Waals surface area contributed by atoms with Crippen molar-refractivity contribution in [3.8, 4) is 0 Å². The van der Waals surface area contributed by atoms with Crippen LogP contribution in [0, 0.1) is 11.3 Å². The predicted octanol–water partition coefficient (Wildman–Crippen LogP) is 4.85. The van der Waals surface area contributed by atoms with E-state index in [0.29, 0.717) is 5.41 Å². The molecule has 0 radical (unpaired) electrons. The summed E-state index contributed by atoms with van der Waals surface area (Å²) in [6.07, 6.45) is 2.68. The molecule has 0 nitrogen and oxygen atoms in total. The highest BCUT2D eigenvalue weighted by Gasteiger charge is 2.09. The van der Waals surface area contributed by atoms with Gasteiger partial charge in [-0.1, -0.05) is 56.2 Å². The molecular weight excluding hydrogens is 196 g/mol. The maximum atomic E-state index is 2.31. The van der Waals surface area contributed by atoms with E-state index in [1.165, 1.54) is 24.3 Å². The van der Waals surface area contributed by atoms with Crippen LogP contribution in [0.3, 0.4) is 0 Å². The third kappa shape index (κ3) is 12.7. The number of hydrogen-bond donors (Lipinski definition) is 0. The first-order valence-corrected chi connectivity index (χ1v) is 7.65. The Balaban J connectivity index is 3.09. The molecular formula is C11H24S2. The number of hydrogen-bond acceptors (Lipinski definition) is 2. The second-order valence-corrected chi connectivity index (χ2v) is 7.84. The Morgan fingerprint density at radius 3 is 2.00 bits per heavy atom. The van der Waals surface area contributed by atoms with Crippen LogP contribution in [0.1, 0.15) is 47.5 Å². The maximum Gasteiger partial charge on any atom is 0.00419 e. The summed E-state index contributed by atoms with van der Waals surface area (Å²) in [7, 11) is 4.08. The average Bonchev–Trinajstić information content (AvgIpc) is 1.93. The molecule has 0 aliphatic carbocycles. The molecule has 0 heterocycles. The van der Waals surface area contributed by atoms with Gasteiger partial charge in [0.05, 0.1) is 0 Å². The predicted molar refractivity (Wildman–Crippen MR) is 68.4 cm³/mol. The molecule has 0 aliphatic rings. The molecule has 0 saturated heterocycles. The second-order valence-electron chi connectivity index (χ2n) is 5.14. The average molecular weight is 220 g/mol. The lowest BCUT2D eigenvalue weighted by Gasteiger charge is -2.16. The normalized spacial score (nSPS) is 12.5. The van der Waals surface area contributed by atoms with Gasteiger partial charge in [0, 0.05) is 11.5 Å². The van der Waals surface area contributed by atoms with Crippen LogP contribution in [0.4, 0.5) is 0 Å². The van der Waals surface area contributed by atoms with Crippen LogP contribution >= 0.6 is 21.6 Å². The van der Waals surface area contributed by atoms with Crippen LogP contribution in [-0.4, -0.2) is 11.5 Å². The lowest BCUT2D eigenvalue weighted by molar-refractivity contribution is 0.402. The van der Waals surface area contributed by atoms with Crippen LogP contribution in [0.15, 0.2) is 0 Å². The largest absolute Gasteiger partial charge is 0.0941 e. The van der Waals surface area contributed by atoms with Gasteiger partial charge in [0.2, 0.25) is 0 Å². The van der Waals surface area contributed by atoms with Crippen molar-refractivity contribution in [1.29, 1.82) is 0 Å². The Morgan fingerprint density at radius 2 is 1.54 bits per heavy atom. The summed E-state index contributed by atoms with van der Waals surface area (Å²) in [6, 6.07) is 0. The fourth-order valence-electron chi connectivity index (χ4n) is 0.750. The first-order valence-electron chi connectivity index (χ1n) is 5.16. The minimum absolute atomic E-state index is 0.506. The summed E-state index contributed by atoms with van der Waals surface area (Å²) in [4.78, 5) is 0. The molecule has 2 heteroatoms. The van der Waals surface area contributed by atoms with Gasteiger partial charge in [-0.25, -0.2) is 0 Å². The van der Waals surface area contributed by atoms with Gasteiger partial charge in [-0.2, -0.15) is 0 Å². The summed E-state index contributed by atoms with van der Waals surface area (Å²) < 4.78 is 0. The van der Waals surface area contributed by atoms with Gasteiger partial charge in [0.1, 0.15) is 0 Å². The zero-order chi connectivity index (χ0) is 10.3. The van der Waals surface area contributed by atoms with E-state index in [1.807, 2.05) is 21.6 Å². The molecule has 0 aromatic carbocycles. The Hall–Kier alpha value is 0.700.